The lowest BCUT2D eigenvalue weighted by atomic mass is 9.87. The Kier molecular flexibility index (Phi) is 8.47. The van der Waals surface area contributed by atoms with E-state index >= 15 is 0 Å². The molecule has 3 rings (SSSR count). The number of nitrogens with one attached hydrogen (secondary N) is 1. The summed E-state index contributed by atoms with van der Waals surface area (Å²) in [5.74, 6) is -0.543. The van der Waals surface area contributed by atoms with Gasteiger partial charge in [-0.25, -0.2) is 0 Å². The predicted molar refractivity (Wildman–Crippen MR) is 137 cm³/mol. The number of likely N-dealkylation sites (N-methyl/N-ethyl adjacent to an activating group) is 1. The molecule has 2 unspecified atom stereocenters. The fourth-order valence-electron chi connectivity index (χ4n) is 4.28. The number of carbonyl (C=O) groups is 2. The molecular weight excluding hydrogens is 440 g/mol. The number of hydrogen-bond acceptors (Lipinski definition) is 6. The summed E-state index contributed by atoms with van der Waals surface area (Å²) in [5.41, 5.74) is 2.30. The van der Waals surface area contributed by atoms with Crippen molar-refractivity contribution in [2.75, 3.05) is 38.6 Å². The maximum Gasteiger partial charge on any atom is 0.251 e. The molecule has 2 heterocycles. The van der Waals surface area contributed by atoms with E-state index in [0.29, 0.717) is 37.3 Å². The van der Waals surface area contributed by atoms with Crippen LogP contribution in [0.15, 0.2) is 48.8 Å². The van der Waals surface area contributed by atoms with Gasteiger partial charge in [0.05, 0.1) is 0 Å². The van der Waals surface area contributed by atoms with E-state index in [2.05, 4.69) is 37.3 Å². The van der Waals surface area contributed by atoms with Crippen LogP contribution in [0.5, 0.6) is 0 Å². The lowest BCUT2D eigenvalue weighted by Gasteiger charge is -2.34. The number of hydrogen-bond donors (Lipinski definition) is 1. The van der Waals surface area contributed by atoms with Gasteiger partial charge in [0.1, 0.15) is 12.1 Å². The average Bonchev–Trinajstić information content (AvgIpc) is 3.31. The molecule has 1 aliphatic rings. The number of amides is 2. The normalized spacial score (nSPS) is 16.6. The molecule has 1 N–H and O–H groups in total. The zero-order chi connectivity index (χ0) is 25.6. The Morgan fingerprint density at radius 3 is 2.51 bits per heavy atom. The van der Waals surface area contributed by atoms with Crippen molar-refractivity contribution < 1.29 is 9.59 Å². The number of nitrogens with zero attached hydrogens (tertiary/aromatic N) is 5. The molecule has 8 nitrogen and oxygen atoms in total. The summed E-state index contributed by atoms with van der Waals surface area (Å²) in [6, 6.07) is 9.83. The molecule has 1 fully saturated rings. The molecule has 35 heavy (non-hydrogen) atoms. The van der Waals surface area contributed by atoms with E-state index in [9.17, 15) is 14.9 Å². The van der Waals surface area contributed by atoms with Gasteiger partial charge in [-0.1, -0.05) is 39.0 Å². The number of pyridine rings is 1. The number of anilines is 1. The highest BCUT2D eigenvalue weighted by Crippen LogP contribution is 2.33. The third-order valence-electron chi connectivity index (χ3n) is 6.28. The second-order valence-corrected chi connectivity index (χ2v) is 10.2. The highest BCUT2D eigenvalue weighted by molar-refractivity contribution is 6.04. The Morgan fingerprint density at radius 1 is 1.23 bits per heavy atom. The van der Waals surface area contributed by atoms with Crippen LogP contribution in [0.25, 0.3) is 0 Å². The van der Waals surface area contributed by atoms with Gasteiger partial charge in [-0.2, -0.15) is 5.26 Å². The van der Waals surface area contributed by atoms with Crippen LogP contribution < -0.4 is 10.2 Å². The zero-order valence-electron chi connectivity index (χ0n) is 21.4. The van der Waals surface area contributed by atoms with Crippen molar-refractivity contribution in [1.82, 2.24) is 20.1 Å². The maximum absolute atomic E-state index is 14.0. The second-order valence-electron chi connectivity index (χ2n) is 10.2. The van der Waals surface area contributed by atoms with Gasteiger partial charge in [0.2, 0.25) is 5.91 Å². The monoisotopic (exact) mass is 476 g/mol. The van der Waals surface area contributed by atoms with Crippen molar-refractivity contribution in [3.63, 3.8) is 0 Å². The highest BCUT2D eigenvalue weighted by atomic mass is 16.2. The van der Waals surface area contributed by atoms with Crippen molar-refractivity contribution in [1.29, 1.82) is 5.26 Å². The summed E-state index contributed by atoms with van der Waals surface area (Å²) >= 11 is 0. The van der Waals surface area contributed by atoms with Crippen molar-refractivity contribution in [2.45, 2.75) is 51.1 Å². The van der Waals surface area contributed by atoms with Gasteiger partial charge in [-0.15, -0.1) is 0 Å². The van der Waals surface area contributed by atoms with E-state index in [0.717, 1.165) is 12.0 Å². The summed E-state index contributed by atoms with van der Waals surface area (Å²) in [4.78, 5) is 36.9. The average molecular weight is 477 g/mol. The van der Waals surface area contributed by atoms with Crippen LogP contribution in [0.2, 0.25) is 0 Å². The lowest BCUT2D eigenvalue weighted by molar-refractivity contribution is -0.128. The van der Waals surface area contributed by atoms with E-state index in [4.69, 9.17) is 0 Å². The molecule has 2 amide bonds. The zero-order valence-corrected chi connectivity index (χ0v) is 21.4. The number of rotatable bonds is 8. The van der Waals surface area contributed by atoms with Crippen molar-refractivity contribution in [3.8, 4) is 6.19 Å². The fourth-order valence-corrected chi connectivity index (χ4v) is 4.28. The molecule has 1 aromatic heterocycles. The van der Waals surface area contributed by atoms with Gasteiger partial charge in [0, 0.05) is 43.3 Å². The number of likely N-dealkylation sites (tertiary alicyclic amines) is 1. The first-order valence-corrected chi connectivity index (χ1v) is 12.1. The minimum atomic E-state index is -0.917. The second kappa shape index (κ2) is 11.3. The minimum absolute atomic E-state index is 0.0528. The van der Waals surface area contributed by atoms with Gasteiger partial charge >= 0.3 is 0 Å². The largest absolute Gasteiger partial charge is 0.353 e. The Labute approximate surface area is 208 Å². The molecule has 0 spiro atoms. The van der Waals surface area contributed by atoms with Crippen LogP contribution in [-0.2, 0) is 15.0 Å². The molecule has 1 saturated heterocycles. The van der Waals surface area contributed by atoms with Gasteiger partial charge in [0.25, 0.3) is 5.91 Å². The Hall–Kier alpha value is -3.44. The van der Waals surface area contributed by atoms with E-state index in [1.807, 2.05) is 49.3 Å². The predicted octanol–water partition coefficient (Wildman–Crippen LogP) is 3.08. The quantitative estimate of drug-likeness (QED) is 0.589. The summed E-state index contributed by atoms with van der Waals surface area (Å²) in [6.07, 6.45) is 6.75. The van der Waals surface area contributed by atoms with Gasteiger partial charge in [-0.05, 0) is 56.1 Å². The van der Waals surface area contributed by atoms with Crippen molar-refractivity contribution in [2.24, 2.45) is 0 Å². The fraction of sp³-hybridized carbons (Fsp3) is 0.481. The van der Waals surface area contributed by atoms with Crippen LogP contribution in [0.4, 0.5) is 5.69 Å². The van der Waals surface area contributed by atoms with E-state index in [1.165, 1.54) is 4.90 Å². The standard InChI is InChI=1S/C27H36N6O2/c1-27(2,3)21-10-12-22(13-11-21)33(26(35)23-9-7-16-32(23)19-28)24(20-8-6-14-29-18-20)25(34)30-15-17-31(4)5/h6,8,10-14,18,23-24H,7,9,15-17H2,1-5H3,(H,30,34). The molecule has 0 radical (unpaired) electrons. The first kappa shape index (κ1) is 26.2. The number of nitriles is 1. The third kappa shape index (κ3) is 6.37. The van der Waals surface area contributed by atoms with E-state index in [1.54, 1.807) is 23.4 Å². The summed E-state index contributed by atoms with van der Waals surface area (Å²) in [5, 5.41) is 12.6. The SMILES string of the molecule is CN(C)CCNC(=O)C(c1cccnc1)N(C(=O)C1CCCN1C#N)c1ccc(C(C)(C)C)cc1. The van der Waals surface area contributed by atoms with E-state index < -0.39 is 12.1 Å². The molecule has 186 valence electrons. The molecule has 1 aromatic carbocycles. The summed E-state index contributed by atoms with van der Waals surface area (Å²) in [7, 11) is 3.88. The van der Waals surface area contributed by atoms with Gasteiger partial charge in [-0.3, -0.25) is 24.4 Å². The molecule has 2 aromatic rings. The molecule has 0 saturated carbocycles. The van der Waals surface area contributed by atoms with Crippen molar-refractivity contribution in [3.05, 3.63) is 59.9 Å². The first-order valence-electron chi connectivity index (χ1n) is 12.1. The number of carbonyl (C=O) groups excluding carboxylic acids is 2. The highest BCUT2D eigenvalue weighted by Gasteiger charge is 2.40. The molecular formula is C27H36N6O2. The van der Waals surface area contributed by atoms with E-state index in [-0.39, 0.29) is 17.2 Å². The molecule has 0 aliphatic carbocycles. The lowest BCUT2D eigenvalue weighted by Crippen LogP contribution is -2.50. The Bertz CT molecular complexity index is 1040. The number of aromatic nitrogens is 1. The summed E-state index contributed by atoms with van der Waals surface area (Å²) in [6.45, 7) is 8.04. The topological polar surface area (TPSA) is 92.6 Å². The Morgan fingerprint density at radius 2 is 1.94 bits per heavy atom. The summed E-state index contributed by atoms with van der Waals surface area (Å²) < 4.78 is 0. The smallest absolute Gasteiger partial charge is 0.251 e. The molecule has 1 aliphatic heterocycles. The van der Waals surface area contributed by atoms with Crippen LogP contribution in [0.1, 0.15) is 50.8 Å². The van der Waals surface area contributed by atoms with Crippen LogP contribution in [-0.4, -0.2) is 66.4 Å². The number of benzene rings is 1. The van der Waals surface area contributed by atoms with Gasteiger partial charge < -0.3 is 10.2 Å². The van der Waals surface area contributed by atoms with Crippen LogP contribution >= 0.6 is 0 Å². The minimum Gasteiger partial charge on any atom is -0.353 e. The van der Waals surface area contributed by atoms with Crippen molar-refractivity contribution >= 4 is 17.5 Å². The van der Waals surface area contributed by atoms with Crippen LogP contribution in [0.3, 0.4) is 0 Å². The van der Waals surface area contributed by atoms with Gasteiger partial charge in [0.15, 0.2) is 6.19 Å². The first-order chi connectivity index (χ1) is 16.6. The molecule has 8 heteroatoms. The molecule has 2 atom stereocenters. The maximum atomic E-state index is 14.0. The molecule has 0 bridgehead atoms. The Balaban J connectivity index is 2.08. The third-order valence-corrected chi connectivity index (χ3v) is 6.28. The van der Waals surface area contributed by atoms with Crippen LogP contribution in [0, 0.1) is 11.5 Å².